The van der Waals surface area contributed by atoms with Crippen molar-refractivity contribution < 1.29 is 9.90 Å². The van der Waals surface area contributed by atoms with Crippen LogP contribution in [0.15, 0.2) is 85.1 Å². The van der Waals surface area contributed by atoms with Gasteiger partial charge in [-0.2, -0.15) is 0 Å². The predicted molar refractivity (Wildman–Crippen MR) is 138 cm³/mol. The molecule has 1 aromatic heterocycles. The topological polar surface area (TPSA) is 68.7 Å². The quantitative estimate of drug-likeness (QED) is 0.504. The summed E-state index contributed by atoms with van der Waals surface area (Å²) in [6.45, 7) is 4.30. The Morgan fingerprint density at radius 1 is 0.971 bits per heavy atom. The van der Waals surface area contributed by atoms with Crippen LogP contribution in [-0.4, -0.2) is 59.7 Å². The molecule has 0 radical (unpaired) electrons. The van der Waals surface area contributed by atoms with E-state index in [1.807, 2.05) is 60.7 Å². The molecule has 4 rings (SSSR count). The zero-order valence-electron chi connectivity index (χ0n) is 19.4. The highest BCUT2D eigenvalue weighted by molar-refractivity contribution is 6.01. The lowest BCUT2D eigenvalue weighted by Gasteiger charge is -2.24. The van der Waals surface area contributed by atoms with Crippen molar-refractivity contribution in [3.8, 4) is 0 Å². The van der Waals surface area contributed by atoms with Crippen molar-refractivity contribution in [3.63, 3.8) is 0 Å². The third kappa shape index (κ3) is 7.27. The van der Waals surface area contributed by atoms with E-state index in [9.17, 15) is 9.90 Å². The van der Waals surface area contributed by atoms with Crippen molar-refractivity contribution in [3.05, 3.63) is 96.2 Å². The van der Waals surface area contributed by atoms with E-state index < -0.39 is 0 Å². The van der Waals surface area contributed by atoms with Crippen LogP contribution in [0, 0.1) is 0 Å². The highest BCUT2D eigenvalue weighted by atomic mass is 16.3. The van der Waals surface area contributed by atoms with Crippen molar-refractivity contribution in [1.82, 2.24) is 9.88 Å². The summed E-state index contributed by atoms with van der Waals surface area (Å²) in [5, 5.41) is 13.4. The van der Waals surface area contributed by atoms with E-state index in [2.05, 4.69) is 32.2 Å². The minimum absolute atomic E-state index is 0.183. The van der Waals surface area contributed by atoms with Gasteiger partial charge in [0.15, 0.2) is 0 Å². The Hall–Kier alpha value is -3.48. The van der Waals surface area contributed by atoms with E-state index in [0.717, 1.165) is 44.0 Å². The summed E-state index contributed by atoms with van der Waals surface area (Å²) in [7, 11) is 0. The molecule has 2 N–H and O–H groups in total. The summed E-state index contributed by atoms with van der Waals surface area (Å²) in [6, 6.07) is 23.7. The van der Waals surface area contributed by atoms with E-state index in [0.29, 0.717) is 18.7 Å². The second-order valence-electron chi connectivity index (χ2n) is 8.62. The fourth-order valence-electron chi connectivity index (χ4n) is 4.20. The number of aliphatic hydroxyl groups excluding tert-OH is 1. The summed E-state index contributed by atoms with van der Waals surface area (Å²) in [6.07, 6.45) is 6.34. The number of anilines is 2. The number of nitrogens with one attached hydrogen (secondary N) is 1. The van der Waals surface area contributed by atoms with Gasteiger partial charge in [-0.15, -0.1) is 0 Å². The van der Waals surface area contributed by atoms with Crippen molar-refractivity contribution in [2.24, 2.45) is 0 Å². The van der Waals surface area contributed by atoms with Crippen molar-refractivity contribution in [2.75, 3.05) is 42.9 Å². The Kier molecular flexibility index (Phi) is 8.43. The van der Waals surface area contributed by atoms with E-state index in [1.165, 1.54) is 11.6 Å². The van der Waals surface area contributed by atoms with E-state index in [1.54, 1.807) is 12.3 Å². The minimum Gasteiger partial charge on any atom is -0.391 e. The van der Waals surface area contributed by atoms with Gasteiger partial charge in [0.1, 0.15) is 5.82 Å². The maximum absolute atomic E-state index is 12.2. The molecule has 176 valence electrons. The molecule has 1 aliphatic rings. The summed E-state index contributed by atoms with van der Waals surface area (Å²) in [5.41, 5.74) is 2.82. The molecule has 1 fully saturated rings. The average Bonchev–Trinajstić information content (AvgIpc) is 3.10. The highest BCUT2D eigenvalue weighted by Crippen LogP contribution is 2.17. The molecule has 2 aromatic carbocycles. The van der Waals surface area contributed by atoms with Gasteiger partial charge in [0.2, 0.25) is 5.91 Å². The van der Waals surface area contributed by atoms with Crippen LogP contribution in [0.5, 0.6) is 0 Å². The lowest BCUT2D eigenvalue weighted by molar-refractivity contribution is -0.111. The molecule has 1 aliphatic heterocycles. The Morgan fingerprint density at radius 2 is 1.74 bits per heavy atom. The smallest absolute Gasteiger partial charge is 0.248 e. The highest BCUT2D eigenvalue weighted by Gasteiger charge is 2.18. The fraction of sp³-hybridized carbons (Fsp3) is 0.286. The van der Waals surface area contributed by atoms with Gasteiger partial charge in [-0.1, -0.05) is 60.7 Å². The zero-order valence-corrected chi connectivity index (χ0v) is 19.4. The average molecular weight is 457 g/mol. The van der Waals surface area contributed by atoms with Gasteiger partial charge >= 0.3 is 0 Å². The number of benzene rings is 2. The first-order chi connectivity index (χ1) is 16.7. The zero-order chi connectivity index (χ0) is 23.6. The fourth-order valence-corrected chi connectivity index (χ4v) is 4.20. The van der Waals surface area contributed by atoms with Crippen LogP contribution in [0.4, 0.5) is 11.5 Å². The molecule has 1 saturated heterocycles. The summed E-state index contributed by atoms with van der Waals surface area (Å²) in [4.78, 5) is 21.4. The van der Waals surface area contributed by atoms with Crippen LogP contribution in [-0.2, 0) is 11.2 Å². The first-order valence-electron chi connectivity index (χ1n) is 11.9. The van der Waals surface area contributed by atoms with Crippen molar-refractivity contribution in [1.29, 1.82) is 0 Å². The molecular weight excluding hydrogens is 424 g/mol. The van der Waals surface area contributed by atoms with Crippen LogP contribution in [0.3, 0.4) is 0 Å². The van der Waals surface area contributed by atoms with Crippen LogP contribution in [0.25, 0.3) is 6.08 Å². The van der Waals surface area contributed by atoms with Gasteiger partial charge in [-0.05, 0) is 48.7 Å². The predicted octanol–water partition coefficient (Wildman–Crippen LogP) is 3.85. The van der Waals surface area contributed by atoms with Crippen LogP contribution < -0.4 is 10.2 Å². The van der Waals surface area contributed by atoms with Gasteiger partial charge in [-0.25, -0.2) is 4.98 Å². The molecule has 2 heterocycles. The second-order valence-corrected chi connectivity index (χ2v) is 8.62. The van der Waals surface area contributed by atoms with Crippen molar-refractivity contribution in [2.45, 2.75) is 18.9 Å². The monoisotopic (exact) mass is 456 g/mol. The number of carbonyl (C=O) groups is 1. The lowest BCUT2D eigenvalue weighted by Crippen LogP contribution is -2.36. The number of carbonyl (C=O) groups excluding carboxylic acids is 1. The number of amides is 1. The Labute approximate surface area is 201 Å². The third-order valence-corrected chi connectivity index (χ3v) is 5.94. The molecule has 0 bridgehead atoms. The van der Waals surface area contributed by atoms with E-state index in [4.69, 9.17) is 0 Å². The number of pyridine rings is 1. The van der Waals surface area contributed by atoms with Gasteiger partial charge in [0.05, 0.1) is 18.0 Å². The summed E-state index contributed by atoms with van der Waals surface area (Å²) in [5.74, 6) is 0.724. The molecule has 6 heteroatoms. The number of aromatic nitrogens is 1. The molecule has 1 amide bonds. The van der Waals surface area contributed by atoms with Crippen LogP contribution in [0.2, 0.25) is 0 Å². The molecule has 34 heavy (non-hydrogen) atoms. The van der Waals surface area contributed by atoms with Crippen LogP contribution in [0.1, 0.15) is 17.5 Å². The Morgan fingerprint density at radius 3 is 2.47 bits per heavy atom. The number of hydrogen-bond donors (Lipinski definition) is 2. The van der Waals surface area contributed by atoms with Crippen molar-refractivity contribution >= 4 is 23.5 Å². The van der Waals surface area contributed by atoms with Gasteiger partial charge in [-0.3, -0.25) is 9.69 Å². The number of hydrogen-bond acceptors (Lipinski definition) is 5. The molecule has 0 aliphatic carbocycles. The SMILES string of the molecule is O=C(/C=C/c1ccccc1)Nc1ccc(N2CCCN(C[C@@H](O)Cc3ccccc3)CC2)nc1. The molecule has 6 nitrogen and oxygen atoms in total. The number of β-amino-alcohol motifs (C(OH)–C–C–N with tert-alkyl or cyclic N) is 1. The van der Waals surface area contributed by atoms with Gasteiger partial charge in [0.25, 0.3) is 0 Å². The molecule has 3 aromatic rings. The third-order valence-electron chi connectivity index (χ3n) is 5.94. The summed E-state index contributed by atoms with van der Waals surface area (Å²) >= 11 is 0. The largest absolute Gasteiger partial charge is 0.391 e. The molecule has 1 atom stereocenters. The number of nitrogens with zero attached hydrogens (tertiary/aromatic N) is 3. The van der Waals surface area contributed by atoms with Crippen LogP contribution >= 0.6 is 0 Å². The maximum Gasteiger partial charge on any atom is 0.248 e. The first-order valence-corrected chi connectivity index (χ1v) is 11.9. The van der Waals surface area contributed by atoms with Gasteiger partial charge in [0, 0.05) is 32.3 Å². The Bertz CT molecular complexity index is 1050. The molecule has 0 saturated carbocycles. The Balaban J connectivity index is 1.25. The van der Waals surface area contributed by atoms with Gasteiger partial charge < -0.3 is 15.3 Å². The molecular formula is C28H32N4O2. The first kappa shape index (κ1) is 23.7. The molecule has 0 unspecified atom stereocenters. The second kappa shape index (κ2) is 12.1. The molecule has 0 spiro atoms. The maximum atomic E-state index is 12.2. The number of aliphatic hydroxyl groups is 1. The lowest BCUT2D eigenvalue weighted by atomic mass is 10.1. The standard InChI is InChI=1S/C28H32N4O2/c33-26(20-24-10-5-2-6-11-24)22-31-16-7-17-32(19-18-31)27-14-13-25(21-29-27)30-28(34)15-12-23-8-3-1-4-9-23/h1-6,8-15,21,26,33H,7,16-20,22H2,(H,30,34)/b15-12+/t26-/m0/s1. The normalized spacial score (nSPS) is 15.7. The van der Waals surface area contributed by atoms with E-state index in [-0.39, 0.29) is 12.0 Å². The number of rotatable bonds is 8. The minimum atomic E-state index is -0.370. The van der Waals surface area contributed by atoms with E-state index >= 15 is 0 Å². The summed E-state index contributed by atoms with van der Waals surface area (Å²) < 4.78 is 0.